The fourth-order valence-corrected chi connectivity index (χ4v) is 4.70. The van der Waals surface area contributed by atoms with Gasteiger partial charge >= 0.3 is 6.09 Å². The van der Waals surface area contributed by atoms with Crippen LogP contribution >= 0.6 is 0 Å². The number of aromatic nitrogens is 4. The van der Waals surface area contributed by atoms with Crippen molar-refractivity contribution in [3.05, 3.63) is 42.2 Å². The number of hydrogen-bond acceptors (Lipinski definition) is 11. The van der Waals surface area contributed by atoms with Crippen LogP contribution in [-0.2, 0) is 9.47 Å². The molecule has 0 radical (unpaired) electrons. The van der Waals surface area contributed by atoms with Gasteiger partial charge in [0.05, 0.1) is 19.5 Å². The van der Waals surface area contributed by atoms with E-state index in [9.17, 15) is 24.9 Å². The number of ether oxygens (including phenoxy) is 2. The maximum Gasteiger partial charge on any atom is 0.407 e. The highest BCUT2D eigenvalue weighted by Gasteiger charge is 2.44. The Morgan fingerprint density at radius 3 is 2.52 bits per heavy atom. The molecule has 40 heavy (non-hydrogen) atoms. The summed E-state index contributed by atoms with van der Waals surface area (Å²) in [5, 5.41) is 38.7. The summed E-state index contributed by atoms with van der Waals surface area (Å²) in [5.74, 6) is -0.208. The van der Waals surface area contributed by atoms with Crippen LogP contribution in [0.4, 0.5) is 16.6 Å². The highest BCUT2D eigenvalue weighted by molar-refractivity contribution is 6.76. The Balaban J connectivity index is 1.52. The number of nitrogens with one attached hydrogen (secondary N) is 3. The largest absolute Gasteiger partial charge is 0.450 e. The fraction of sp³-hybridized carbons (Fsp3) is 0.480. The van der Waals surface area contributed by atoms with E-state index in [1.807, 2.05) is 0 Å². The molecule has 1 aliphatic heterocycles. The standard InChI is InChI=1S/C25H35N7O7Si/c1-40(2,3)12-11-38-25(37)27-10-9-26-24-30-20(29-22(36)15-7-5-4-6-8-15)17-21(31-24)32(14-28-17)23-19(35)18(34)16(13-33)39-23/h4-8,14,16,18-19,23,33-35H,9-13H2,1-3H3,(H,27,37)(H2,26,29,30,31,36)/t16-,18-,19-,23-/m1/s1. The molecule has 4 atom stereocenters. The van der Waals surface area contributed by atoms with Gasteiger partial charge in [-0.25, -0.2) is 9.78 Å². The lowest BCUT2D eigenvalue weighted by molar-refractivity contribution is -0.0511. The van der Waals surface area contributed by atoms with E-state index in [4.69, 9.17) is 9.47 Å². The van der Waals surface area contributed by atoms with Crippen LogP contribution in [0.2, 0.25) is 25.7 Å². The number of aliphatic hydroxyl groups excluding tert-OH is 3. The summed E-state index contributed by atoms with van der Waals surface area (Å²) in [4.78, 5) is 38.1. The molecule has 0 saturated carbocycles. The molecule has 216 valence electrons. The monoisotopic (exact) mass is 573 g/mol. The maximum atomic E-state index is 12.9. The molecule has 14 nitrogen and oxygen atoms in total. The minimum atomic E-state index is -1.36. The highest BCUT2D eigenvalue weighted by atomic mass is 28.3. The zero-order valence-electron chi connectivity index (χ0n) is 22.6. The number of alkyl carbamates (subject to hydrolysis) is 1. The third-order valence-electron chi connectivity index (χ3n) is 6.24. The van der Waals surface area contributed by atoms with Crippen LogP contribution in [0.15, 0.2) is 36.7 Å². The van der Waals surface area contributed by atoms with Crippen molar-refractivity contribution in [2.45, 2.75) is 50.2 Å². The van der Waals surface area contributed by atoms with Crippen molar-refractivity contribution in [1.82, 2.24) is 24.8 Å². The van der Waals surface area contributed by atoms with E-state index in [1.165, 1.54) is 10.9 Å². The lowest BCUT2D eigenvalue weighted by Crippen LogP contribution is -2.33. The number of fused-ring (bicyclic) bond motifs is 1. The Morgan fingerprint density at radius 1 is 1.10 bits per heavy atom. The zero-order valence-corrected chi connectivity index (χ0v) is 23.6. The summed E-state index contributed by atoms with van der Waals surface area (Å²) < 4.78 is 12.3. The van der Waals surface area contributed by atoms with Gasteiger partial charge in [0, 0.05) is 26.7 Å². The number of hydrogen-bond donors (Lipinski definition) is 6. The first-order valence-electron chi connectivity index (χ1n) is 13.0. The second kappa shape index (κ2) is 12.7. The van der Waals surface area contributed by atoms with Gasteiger partial charge in [-0.2, -0.15) is 9.97 Å². The number of nitrogens with zero attached hydrogens (tertiary/aromatic N) is 4. The number of anilines is 2. The molecular formula is C25H35N7O7Si. The van der Waals surface area contributed by atoms with Gasteiger partial charge in [0.1, 0.15) is 18.3 Å². The molecule has 1 aliphatic rings. The SMILES string of the molecule is C[Si](C)(C)CCOC(=O)NCCNc1nc(NC(=O)c2ccccc2)c2ncn([C@@H]3O[C@H](CO)[C@@H](O)[C@H]3O)c2n1. The molecule has 15 heteroatoms. The first kappa shape index (κ1) is 29.4. The molecule has 3 heterocycles. The molecule has 1 aromatic carbocycles. The predicted molar refractivity (Wildman–Crippen MR) is 149 cm³/mol. The van der Waals surface area contributed by atoms with Gasteiger partial charge in [-0.1, -0.05) is 37.8 Å². The molecule has 0 bridgehead atoms. The van der Waals surface area contributed by atoms with E-state index < -0.39 is 51.2 Å². The van der Waals surface area contributed by atoms with E-state index in [1.54, 1.807) is 30.3 Å². The van der Waals surface area contributed by atoms with Gasteiger partial charge in [0.15, 0.2) is 23.2 Å². The molecule has 1 saturated heterocycles. The van der Waals surface area contributed by atoms with Crippen molar-refractivity contribution in [1.29, 1.82) is 0 Å². The third kappa shape index (κ3) is 7.11. The van der Waals surface area contributed by atoms with Crippen LogP contribution in [0.5, 0.6) is 0 Å². The topological polar surface area (TPSA) is 193 Å². The van der Waals surface area contributed by atoms with E-state index >= 15 is 0 Å². The molecule has 3 aromatic rings. The van der Waals surface area contributed by atoms with Crippen LogP contribution in [0.3, 0.4) is 0 Å². The number of carbonyl (C=O) groups excluding carboxylic acids is 2. The van der Waals surface area contributed by atoms with Crippen molar-refractivity contribution in [2.24, 2.45) is 0 Å². The fourth-order valence-electron chi connectivity index (χ4n) is 3.99. The average molecular weight is 574 g/mol. The quantitative estimate of drug-likeness (QED) is 0.142. The molecule has 2 aromatic heterocycles. The second-order valence-corrected chi connectivity index (χ2v) is 16.2. The Kier molecular flexibility index (Phi) is 9.31. The van der Waals surface area contributed by atoms with Crippen LogP contribution in [0.25, 0.3) is 11.2 Å². The Hall–Kier alpha value is -3.63. The molecule has 0 unspecified atom stereocenters. The minimum Gasteiger partial charge on any atom is -0.450 e. The van der Waals surface area contributed by atoms with Crippen LogP contribution in [0, 0.1) is 0 Å². The molecule has 1 fully saturated rings. The Labute approximate surface area is 231 Å². The molecule has 0 aliphatic carbocycles. The summed E-state index contributed by atoms with van der Waals surface area (Å²) in [6.45, 7) is 6.92. The number of benzene rings is 1. The summed E-state index contributed by atoms with van der Waals surface area (Å²) in [6.07, 6.45) is -3.94. The first-order valence-corrected chi connectivity index (χ1v) is 16.7. The average Bonchev–Trinajstić information content (AvgIpc) is 3.46. The van der Waals surface area contributed by atoms with Crippen molar-refractivity contribution in [3.8, 4) is 0 Å². The second-order valence-electron chi connectivity index (χ2n) is 10.6. The molecule has 2 amide bonds. The molecule has 0 spiro atoms. The lowest BCUT2D eigenvalue weighted by atomic mass is 10.1. The predicted octanol–water partition coefficient (Wildman–Crippen LogP) is 1.17. The van der Waals surface area contributed by atoms with E-state index in [0.29, 0.717) is 12.2 Å². The Bertz CT molecular complexity index is 1320. The molecule has 6 N–H and O–H groups in total. The summed E-state index contributed by atoms with van der Waals surface area (Å²) in [6, 6.07) is 9.43. The normalized spacial score (nSPS) is 20.9. The number of amides is 2. The Morgan fingerprint density at radius 2 is 1.85 bits per heavy atom. The van der Waals surface area contributed by atoms with Gasteiger partial charge in [-0.05, 0) is 18.2 Å². The first-order chi connectivity index (χ1) is 19.1. The van der Waals surface area contributed by atoms with Crippen molar-refractivity contribution in [2.75, 3.05) is 36.9 Å². The number of aliphatic hydroxyl groups is 3. The van der Waals surface area contributed by atoms with Gasteiger partial charge < -0.3 is 40.7 Å². The number of carbonyl (C=O) groups is 2. The highest BCUT2D eigenvalue weighted by Crippen LogP contribution is 2.32. The summed E-state index contributed by atoms with van der Waals surface area (Å²) in [7, 11) is -1.31. The van der Waals surface area contributed by atoms with Gasteiger partial charge in [0.25, 0.3) is 5.91 Å². The van der Waals surface area contributed by atoms with Crippen molar-refractivity contribution >= 4 is 43.0 Å². The minimum absolute atomic E-state index is 0.102. The number of rotatable bonds is 11. The summed E-state index contributed by atoms with van der Waals surface area (Å²) >= 11 is 0. The molecule has 4 rings (SSSR count). The van der Waals surface area contributed by atoms with Gasteiger partial charge in [0.2, 0.25) is 5.95 Å². The third-order valence-corrected chi connectivity index (χ3v) is 7.95. The number of imidazole rings is 1. The maximum absolute atomic E-state index is 12.9. The van der Waals surface area contributed by atoms with E-state index in [0.717, 1.165) is 6.04 Å². The van der Waals surface area contributed by atoms with Crippen LogP contribution < -0.4 is 16.0 Å². The molecular weight excluding hydrogens is 538 g/mol. The van der Waals surface area contributed by atoms with Crippen molar-refractivity contribution in [3.63, 3.8) is 0 Å². The van der Waals surface area contributed by atoms with Crippen LogP contribution in [-0.4, -0.2) is 99.5 Å². The summed E-state index contributed by atoms with van der Waals surface area (Å²) in [5.41, 5.74) is 0.828. The lowest BCUT2D eigenvalue weighted by Gasteiger charge is -2.17. The smallest absolute Gasteiger partial charge is 0.407 e. The van der Waals surface area contributed by atoms with Crippen LogP contribution in [0.1, 0.15) is 16.6 Å². The van der Waals surface area contributed by atoms with E-state index in [2.05, 4.69) is 50.5 Å². The van der Waals surface area contributed by atoms with E-state index in [-0.39, 0.29) is 36.0 Å². The van der Waals surface area contributed by atoms with Gasteiger partial charge in [-0.3, -0.25) is 9.36 Å². The van der Waals surface area contributed by atoms with Gasteiger partial charge in [-0.15, -0.1) is 0 Å². The van der Waals surface area contributed by atoms with Crippen molar-refractivity contribution < 1.29 is 34.4 Å². The zero-order chi connectivity index (χ0) is 28.9.